The van der Waals surface area contributed by atoms with Crippen molar-refractivity contribution in [1.29, 1.82) is 0 Å². The average molecular weight is 422 g/mol. The lowest BCUT2D eigenvalue weighted by Gasteiger charge is -2.27. The second-order valence-electron chi connectivity index (χ2n) is 6.65. The van der Waals surface area contributed by atoms with Crippen LogP contribution < -0.4 is 15.4 Å². The number of hydrogen-bond acceptors (Lipinski definition) is 4. The first-order chi connectivity index (χ1) is 14.1. The Labute approximate surface area is 175 Å². The Bertz CT molecular complexity index is 756. The summed E-state index contributed by atoms with van der Waals surface area (Å²) in [5.41, 5.74) is 1.92. The maximum atomic E-state index is 12.4. The van der Waals surface area contributed by atoms with Crippen LogP contribution in [0.4, 0.5) is 8.78 Å². The van der Waals surface area contributed by atoms with Crippen LogP contribution in [0.15, 0.2) is 54.6 Å². The van der Waals surface area contributed by atoms with Gasteiger partial charge in [0.1, 0.15) is 5.75 Å². The number of halogens is 2. The number of hydrogen-bond donors (Lipinski definition) is 2. The first kappa shape index (κ1) is 21.4. The van der Waals surface area contributed by atoms with Gasteiger partial charge in [-0.25, -0.2) is 0 Å². The minimum Gasteiger partial charge on any atom is -0.435 e. The Balaban J connectivity index is 1.62. The molecule has 0 aromatic heterocycles. The van der Waals surface area contributed by atoms with E-state index in [-0.39, 0.29) is 11.8 Å². The zero-order chi connectivity index (χ0) is 20.5. The highest BCUT2D eigenvalue weighted by molar-refractivity contribution is 7.80. The molecule has 156 valence electrons. The van der Waals surface area contributed by atoms with Crippen molar-refractivity contribution in [2.75, 3.05) is 39.4 Å². The zero-order valence-electron chi connectivity index (χ0n) is 16.0. The molecule has 2 aromatic carbocycles. The molecule has 1 atom stereocenters. The van der Waals surface area contributed by atoms with E-state index in [1.165, 1.54) is 12.1 Å². The van der Waals surface area contributed by atoms with Gasteiger partial charge in [0, 0.05) is 26.2 Å². The Morgan fingerprint density at radius 3 is 2.34 bits per heavy atom. The summed E-state index contributed by atoms with van der Waals surface area (Å²) >= 11 is 5.49. The molecule has 0 saturated carbocycles. The topological polar surface area (TPSA) is 45.8 Å². The van der Waals surface area contributed by atoms with Crippen molar-refractivity contribution in [3.05, 3.63) is 65.7 Å². The molecule has 1 heterocycles. The van der Waals surface area contributed by atoms with E-state index in [0.717, 1.165) is 50.5 Å². The lowest BCUT2D eigenvalue weighted by Crippen LogP contribution is -2.44. The number of alkyl halides is 2. The fraction of sp³-hybridized carbons (Fsp3) is 0.381. The summed E-state index contributed by atoms with van der Waals surface area (Å²) in [6.45, 7) is 2.18. The highest BCUT2D eigenvalue weighted by Crippen LogP contribution is 2.24. The third kappa shape index (κ3) is 6.92. The highest BCUT2D eigenvalue weighted by Gasteiger charge is 2.16. The minimum absolute atomic E-state index is 0.127. The summed E-state index contributed by atoms with van der Waals surface area (Å²) in [6, 6.07) is 16.2. The van der Waals surface area contributed by atoms with E-state index >= 15 is 0 Å². The van der Waals surface area contributed by atoms with E-state index in [0.29, 0.717) is 5.11 Å². The van der Waals surface area contributed by atoms with Crippen molar-refractivity contribution < 1.29 is 18.3 Å². The molecule has 2 N–H and O–H groups in total. The Hall–Kier alpha value is -2.29. The summed E-state index contributed by atoms with van der Waals surface area (Å²) in [7, 11) is 0. The fourth-order valence-electron chi connectivity index (χ4n) is 3.18. The molecule has 1 saturated heterocycles. The molecule has 8 heteroatoms. The molecule has 0 radical (unpaired) electrons. The van der Waals surface area contributed by atoms with Crippen LogP contribution in [0.25, 0.3) is 0 Å². The molecule has 0 bridgehead atoms. The molecule has 3 rings (SSSR count). The summed E-state index contributed by atoms with van der Waals surface area (Å²) < 4.78 is 34.6. The second-order valence-corrected chi connectivity index (χ2v) is 7.05. The third-order valence-electron chi connectivity index (χ3n) is 4.66. The standard InChI is InChI=1S/C21H25F2N3O2S/c22-20(23)28-18-8-6-17(7-9-18)19(16-4-2-1-3-5-16)25-21(29)24-10-11-26-12-14-27-15-13-26/h1-9,19-20H,10-15H2,(H2,24,25,29)/t19-/m1/s1. The van der Waals surface area contributed by atoms with Crippen LogP contribution in [0.1, 0.15) is 17.2 Å². The Morgan fingerprint density at radius 1 is 1.03 bits per heavy atom. The van der Waals surface area contributed by atoms with E-state index in [2.05, 4.69) is 20.3 Å². The highest BCUT2D eigenvalue weighted by atomic mass is 32.1. The van der Waals surface area contributed by atoms with Crippen molar-refractivity contribution in [2.45, 2.75) is 12.7 Å². The van der Waals surface area contributed by atoms with E-state index in [1.807, 2.05) is 30.3 Å². The van der Waals surface area contributed by atoms with Crippen LogP contribution in [0, 0.1) is 0 Å². The SMILES string of the molecule is FC(F)Oc1ccc([C@H](NC(=S)NCCN2CCOCC2)c2ccccc2)cc1. The molecule has 1 aliphatic rings. The van der Waals surface area contributed by atoms with Gasteiger partial charge < -0.3 is 20.1 Å². The molecule has 0 aliphatic carbocycles. The first-order valence-electron chi connectivity index (χ1n) is 9.56. The quantitative estimate of drug-likeness (QED) is 0.639. The number of rotatable bonds is 8. The van der Waals surface area contributed by atoms with Gasteiger partial charge in [-0.15, -0.1) is 0 Å². The fourth-order valence-corrected chi connectivity index (χ4v) is 3.40. The minimum atomic E-state index is -2.84. The van der Waals surface area contributed by atoms with E-state index in [1.54, 1.807) is 12.1 Å². The van der Waals surface area contributed by atoms with E-state index in [4.69, 9.17) is 17.0 Å². The van der Waals surface area contributed by atoms with Gasteiger partial charge in [0.25, 0.3) is 0 Å². The third-order valence-corrected chi connectivity index (χ3v) is 4.93. The predicted octanol–water partition coefficient (Wildman–Crippen LogP) is 3.17. The molecule has 0 amide bonds. The monoisotopic (exact) mass is 421 g/mol. The van der Waals surface area contributed by atoms with Crippen molar-refractivity contribution in [3.63, 3.8) is 0 Å². The second kappa shape index (κ2) is 11.0. The van der Waals surface area contributed by atoms with Crippen molar-refractivity contribution in [1.82, 2.24) is 15.5 Å². The lowest BCUT2D eigenvalue weighted by molar-refractivity contribution is -0.0498. The van der Waals surface area contributed by atoms with Gasteiger partial charge in [-0.2, -0.15) is 8.78 Å². The summed E-state index contributed by atoms with van der Waals surface area (Å²) in [6.07, 6.45) is 0. The number of nitrogens with zero attached hydrogens (tertiary/aromatic N) is 1. The summed E-state index contributed by atoms with van der Waals surface area (Å²) in [5, 5.41) is 7.13. The van der Waals surface area contributed by atoms with Gasteiger partial charge in [0.2, 0.25) is 0 Å². The number of nitrogens with one attached hydrogen (secondary N) is 2. The summed E-state index contributed by atoms with van der Waals surface area (Å²) in [4.78, 5) is 2.33. The van der Waals surface area contributed by atoms with Crippen LogP contribution >= 0.6 is 12.2 Å². The molecule has 1 fully saturated rings. The molecule has 5 nitrogen and oxygen atoms in total. The van der Waals surface area contributed by atoms with Crippen LogP contribution in [-0.4, -0.2) is 56.0 Å². The van der Waals surface area contributed by atoms with Crippen molar-refractivity contribution in [3.8, 4) is 5.75 Å². The maximum absolute atomic E-state index is 12.4. The molecular formula is C21H25F2N3O2S. The van der Waals surface area contributed by atoms with Gasteiger partial charge in [-0.05, 0) is 35.5 Å². The van der Waals surface area contributed by atoms with Crippen LogP contribution in [0.5, 0.6) is 5.75 Å². The number of benzene rings is 2. The molecular weight excluding hydrogens is 396 g/mol. The molecule has 0 spiro atoms. The van der Waals surface area contributed by atoms with Crippen LogP contribution in [-0.2, 0) is 4.74 Å². The van der Waals surface area contributed by atoms with Gasteiger partial charge in [-0.3, -0.25) is 4.90 Å². The Kier molecular flexibility index (Phi) is 8.15. The number of morpholine rings is 1. The summed E-state index contributed by atoms with van der Waals surface area (Å²) in [5.74, 6) is 0.127. The average Bonchev–Trinajstić information content (AvgIpc) is 2.74. The van der Waals surface area contributed by atoms with E-state index in [9.17, 15) is 8.78 Å². The van der Waals surface area contributed by atoms with Crippen LogP contribution in [0.3, 0.4) is 0 Å². The van der Waals surface area contributed by atoms with Crippen molar-refractivity contribution in [2.24, 2.45) is 0 Å². The first-order valence-corrected chi connectivity index (χ1v) is 9.97. The normalized spacial score (nSPS) is 15.7. The van der Waals surface area contributed by atoms with Gasteiger partial charge in [0.15, 0.2) is 5.11 Å². The number of ether oxygens (including phenoxy) is 2. The molecule has 1 aliphatic heterocycles. The Morgan fingerprint density at radius 2 is 1.69 bits per heavy atom. The maximum Gasteiger partial charge on any atom is 0.387 e. The smallest absolute Gasteiger partial charge is 0.387 e. The lowest BCUT2D eigenvalue weighted by atomic mass is 9.99. The largest absolute Gasteiger partial charge is 0.435 e. The van der Waals surface area contributed by atoms with E-state index < -0.39 is 6.61 Å². The van der Waals surface area contributed by atoms with Gasteiger partial charge in [-0.1, -0.05) is 42.5 Å². The van der Waals surface area contributed by atoms with Gasteiger partial charge in [0.05, 0.1) is 19.3 Å². The predicted molar refractivity (Wildman–Crippen MR) is 112 cm³/mol. The molecule has 29 heavy (non-hydrogen) atoms. The zero-order valence-corrected chi connectivity index (χ0v) is 16.8. The molecule has 2 aromatic rings. The molecule has 0 unspecified atom stereocenters. The van der Waals surface area contributed by atoms with Crippen molar-refractivity contribution >= 4 is 17.3 Å². The number of thiocarbonyl (C=S) groups is 1. The van der Waals surface area contributed by atoms with Crippen LogP contribution in [0.2, 0.25) is 0 Å². The van der Waals surface area contributed by atoms with Gasteiger partial charge >= 0.3 is 6.61 Å².